The predicted octanol–water partition coefficient (Wildman–Crippen LogP) is 3.91. The van der Waals surface area contributed by atoms with Gasteiger partial charge < -0.3 is 19.9 Å². The minimum atomic E-state index is -0.904. The lowest BCUT2D eigenvalue weighted by atomic mass is 9.80. The molecular formula is C25H19N5O3. The molecule has 8 heteroatoms. The Balaban J connectivity index is 1.60. The number of methoxy groups -OCH3 is 1. The van der Waals surface area contributed by atoms with Gasteiger partial charge in [-0.2, -0.15) is 0 Å². The lowest BCUT2D eigenvalue weighted by molar-refractivity contribution is 0.260. The van der Waals surface area contributed by atoms with Gasteiger partial charge >= 0.3 is 0 Å². The summed E-state index contributed by atoms with van der Waals surface area (Å²) in [5.41, 5.74) is 10.3. The molecule has 1 unspecified atom stereocenters. The van der Waals surface area contributed by atoms with E-state index in [1.807, 2.05) is 48.7 Å². The third-order valence-electron chi connectivity index (χ3n) is 5.90. The van der Waals surface area contributed by atoms with Crippen molar-refractivity contribution in [1.82, 2.24) is 15.0 Å². The number of hydrogen-bond acceptors (Lipinski definition) is 8. The van der Waals surface area contributed by atoms with Crippen molar-refractivity contribution in [3.63, 3.8) is 0 Å². The van der Waals surface area contributed by atoms with Gasteiger partial charge in [-0.3, -0.25) is 9.97 Å². The van der Waals surface area contributed by atoms with Crippen LogP contribution < -0.4 is 15.2 Å². The van der Waals surface area contributed by atoms with Crippen molar-refractivity contribution < 1.29 is 14.2 Å². The molecule has 2 aliphatic heterocycles. The topological polar surface area (TPSA) is 105 Å². The van der Waals surface area contributed by atoms with Gasteiger partial charge in [0.2, 0.25) is 0 Å². The summed E-state index contributed by atoms with van der Waals surface area (Å²) in [7, 11) is 1.56. The van der Waals surface area contributed by atoms with Gasteiger partial charge in [0.15, 0.2) is 11.3 Å². The van der Waals surface area contributed by atoms with Crippen molar-refractivity contribution in [3.8, 4) is 39.8 Å². The van der Waals surface area contributed by atoms with Gasteiger partial charge in [0.1, 0.15) is 12.4 Å². The average Bonchev–Trinajstić information content (AvgIpc) is 3.27. The Labute approximate surface area is 189 Å². The number of hydrogen-bond donors (Lipinski definition) is 1. The number of pyridine rings is 3. The number of rotatable bonds is 3. The maximum Gasteiger partial charge on any atom is 0.283 e. The zero-order valence-electron chi connectivity index (χ0n) is 17.7. The van der Waals surface area contributed by atoms with E-state index in [-0.39, 0.29) is 12.6 Å². The highest BCUT2D eigenvalue weighted by Gasteiger charge is 2.48. The molecule has 0 fully saturated rings. The standard InChI is InChI=1S/C25H19N5O3/c1-31-23-22-19(11-20(29-23)17-5-3-9-28-13-17)25(14-32-24(26)30-25)18-10-15(6-7-21(18)33-22)16-4-2-8-27-12-16/h2-13H,14H2,1H3,(H2,26,30). The second kappa shape index (κ2) is 7.30. The number of ether oxygens (including phenoxy) is 3. The SMILES string of the molecule is COc1nc(-c2cccnc2)cc2c1Oc1ccc(-c3cccnc3)cc1C21COC(N)=N1. The summed E-state index contributed by atoms with van der Waals surface area (Å²) in [6.07, 6.45) is 7.04. The molecule has 0 saturated heterocycles. The Morgan fingerprint density at radius 2 is 1.73 bits per heavy atom. The molecule has 0 amide bonds. The maximum absolute atomic E-state index is 6.32. The van der Waals surface area contributed by atoms with E-state index >= 15 is 0 Å². The Bertz CT molecular complexity index is 1390. The van der Waals surface area contributed by atoms with Crippen molar-refractivity contribution >= 4 is 6.02 Å². The van der Waals surface area contributed by atoms with Gasteiger partial charge in [0, 0.05) is 47.0 Å². The molecule has 8 nitrogen and oxygen atoms in total. The molecule has 0 saturated carbocycles. The van der Waals surface area contributed by atoms with Crippen molar-refractivity contribution in [2.24, 2.45) is 10.7 Å². The summed E-state index contributed by atoms with van der Waals surface area (Å²) in [5, 5.41) is 0. The number of nitrogens with zero attached hydrogens (tertiary/aromatic N) is 4. The molecule has 162 valence electrons. The van der Waals surface area contributed by atoms with Crippen molar-refractivity contribution in [2.45, 2.75) is 5.54 Å². The summed E-state index contributed by atoms with van der Waals surface area (Å²) in [4.78, 5) is 17.9. The smallest absolute Gasteiger partial charge is 0.283 e. The Morgan fingerprint density at radius 3 is 2.39 bits per heavy atom. The molecule has 3 aromatic heterocycles. The van der Waals surface area contributed by atoms with Gasteiger partial charge in [-0.25, -0.2) is 9.98 Å². The van der Waals surface area contributed by atoms with Crippen LogP contribution in [0.5, 0.6) is 17.4 Å². The van der Waals surface area contributed by atoms with Crippen LogP contribution in [0.15, 0.2) is 78.3 Å². The summed E-state index contributed by atoms with van der Waals surface area (Å²) in [6.45, 7) is 0.234. The molecule has 2 N–H and O–H groups in total. The van der Waals surface area contributed by atoms with E-state index in [0.717, 1.165) is 27.8 Å². The number of fused-ring (bicyclic) bond motifs is 4. The van der Waals surface area contributed by atoms with Crippen LogP contribution in [-0.2, 0) is 10.3 Å². The first-order chi connectivity index (χ1) is 16.2. The number of amidine groups is 1. The zero-order valence-corrected chi connectivity index (χ0v) is 17.7. The molecule has 1 spiro atoms. The fourth-order valence-corrected chi connectivity index (χ4v) is 4.33. The minimum Gasteiger partial charge on any atom is -0.478 e. The molecule has 1 aromatic carbocycles. The average molecular weight is 437 g/mol. The fourth-order valence-electron chi connectivity index (χ4n) is 4.33. The first-order valence-corrected chi connectivity index (χ1v) is 10.4. The van der Waals surface area contributed by atoms with Crippen LogP contribution in [-0.4, -0.2) is 34.7 Å². The van der Waals surface area contributed by atoms with E-state index in [1.165, 1.54) is 0 Å². The van der Waals surface area contributed by atoms with Crippen molar-refractivity contribution in [3.05, 3.63) is 84.4 Å². The lowest BCUT2D eigenvalue weighted by Crippen LogP contribution is -2.31. The number of aromatic nitrogens is 3. The normalized spacial score (nSPS) is 18.0. The largest absolute Gasteiger partial charge is 0.478 e. The van der Waals surface area contributed by atoms with E-state index < -0.39 is 5.54 Å². The first kappa shape index (κ1) is 19.2. The van der Waals surface area contributed by atoms with Gasteiger partial charge in [-0.15, -0.1) is 0 Å². The van der Waals surface area contributed by atoms with Gasteiger partial charge in [0.25, 0.3) is 11.9 Å². The molecule has 0 bridgehead atoms. The Morgan fingerprint density at radius 1 is 0.939 bits per heavy atom. The lowest BCUT2D eigenvalue weighted by Gasteiger charge is -2.34. The van der Waals surface area contributed by atoms with Crippen LogP contribution in [0.4, 0.5) is 0 Å². The molecule has 4 aromatic rings. The molecule has 5 heterocycles. The van der Waals surface area contributed by atoms with Gasteiger partial charge in [-0.1, -0.05) is 12.1 Å². The van der Waals surface area contributed by atoms with E-state index in [4.69, 9.17) is 24.9 Å². The Kier molecular flexibility index (Phi) is 4.26. The van der Waals surface area contributed by atoms with E-state index in [0.29, 0.717) is 23.1 Å². The third kappa shape index (κ3) is 2.99. The number of aliphatic imine (C=N–C) groups is 1. The molecule has 1 atom stereocenters. The molecule has 2 aliphatic rings. The predicted molar refractivity (Wildman–Crippen MR) is 122 cm³/mol. The molecule has 33 heavy (non-hydrogen) atoms. The second-order valence-corrected chi connectivity index (χ2v) is 7.79. The van der Waals surface area contributed by atoms with E-state index in [1.54, 1.807) is 25.7 Å². The summed E-state index contributed by atoms with van der Waals surface area (Å²) in [6, 6.07) is 15.7. The monoisotopic (exact) mass is 437 g/mol. The maximum atomic E-state index is 6.32. The minimum absolute atomic E-state index is 0.124. The van der Waals surface area contributed by atoms with Crippen molar-refractivity contribution in [2.75, 3.05) is 13.7 Å². The Hall–Kier alpha value is -4.46. The van der Waals surface area contributed by atoms with Crippen molar-refractivity contribution in [1.29, 1.82) is 0 Å². The van der Waals surface area contributed by atoms with Crippen LogP contribution in [0.2, 0.25) is 0 Å². The zero-order chi connectivity index (χ0) is 22.4. The molecule has 0 radical (unpaired) electrons. The summed E-state index contributed by atoms with van der Waals surface area (Å²) < 4.78 is 17.7. The van der Waals surface area contributed by atoms with E-state index in [9.17, 15) is 0 Å². The van der Waals surface area contributed by atoms with Crippen LogP contribution in [0, 0.1) is 0 Å². The fraction of sp³-hybridized carbons (Fsp3) is 0.120. The van der Waals surface area contributed by atoms with Crippen LogP contribution in [0.3, 0.4) is 0 Å². The highest BCUT2D eigenvalue weighted by Crippen LogP contribution is 2.54. The molecular weight excluding hydrogens is 418 g/mol. The highest BCUT2D eigenvalue weighted by molar-refractivity contribution is 5.79. The highest BCUT2D eigenvalue weighted by atomic mass is 16.5. The summed E-state index contributed by atoms with van der Waals surface area (Å²) >= 11 is 0. The van der Waals surface area contributed by atoms with Crippen LogP contribution in [0.1, 0.15) is 11.1 Å². The quantitative estimate of drug-likeness (QED) is 0.518. The number of benzene rings is 1. The second-order valence-electron chi connectivity index (χ2n) is 7.79. The molecule has 6 rings (SSSR count). The third-order valence-corrected chi connectivity index (χ3v) is 5.90. The first-order valence-electron chi connectivity index (χ1n) is 10.4. The van der Waals surface area contributed by atoms with E-state index in [2.05, 4.69) is 21.0 Å². The number of nitrogens with two attached hydrogens (primary N) is 1. The van der Waals surface area contributed by atoms with Crippen LogP contribution in [0.25, 0.3) is 22.4 Å². The van der Waals surface area contributed by atoms with Gasteiger partial charge in [0.05, 0.1) is 12.8 Å². The van der Waals surface area contributed by atoms with Crippen LogP contribution >= 0.6 is 0 Å². The van der Waals surface area contributed by atoms with Gasteiger partial charge in [-0.05, 0) is 42.0 Å². The molecule has 0 aliphatic carbocycles. The summed E-state index contributed by atoms with van der Waals surface area (Å²) in [5.74, 6) is 1.49.